The molecule has 20 heavy (non-hydrogen) atoms. The first-order valence-corrected chi connectivity index (χ1v) is 7.47. The molecule has 1 saturated carbocycles. The van der Waals surface area contributed by atoms with Crippen LogP contribution in [0.5, 0.6) is 0 Å². The van der Waals surface area contributed by atoms with Crippen molar-refractivity contribution in [3.63, 3.8) is 0 Å². The van der Waals surface area contributed by atoms with Gasteiger partial charge in [-0.2, -0.15) is 13.2 Å². The number of carbonyl (C=O) groups is 1. The number of amides is 1. The van der Waals surface area contributed by atoms with Gasteiger partial charge in [-0.05, 0) is 45.2 Å². The van der Waals surface area contributed by atoms with Gasteiger partial charge in [0.15, 0.2) is 0 Å². The molecule has 2 fully saturated rings. The highest BCUT2D eigenvalue weighted by molar-refractivity contribution is 5.79. The molecule has 1 saturated heterocycles. The van der Waals surface area contributed by atoms with Crippen molar-refractivity contribution < 1.29 is 18.0 Å². The van der Waals surface area contributed by atoms with Crippen LogP contribution in [0.25, 0.3) is 0 Å². The van der Waals surface area contributed by atoms with E-state index in [1.54, 1.807) is 0 Å². The molecule has 1 heterocycles. The number of alkyl halides is 3. The van der Waals surface area contributed by atoms with Crippen molar-refractivity contribution in [2.45, 2.75) is 51.2 Å². The van der Waals surface area contributed by atoms with Crippen molar-refractivity contribution in [1.29, 1.82) is 0 Å². The van der Waals surface area contributed by atoms with E-state index in [-0.39, 0.29) is 12.5 Å². The summed E-state index contributed by atoms with van der Waals surface area (Å²) in [5.41, 5.74) is 0. The molecule has 2 rings (SSSR count). The Hall–Kier alpha value is -0.780. The Morgan fingerprint density at radius 1 is 1.25 bits per heavy atom. The molecule has 4 unspecified atom stereocenters. The molecule has 4 atom stereocenters. The molecule has 0 radical (unpaired) electrons. The minimum absolute atomic E-state index is 0.0617. The first kappa shape index (κ1) is 15.6. The summed E-state index contributed by atoms with van der Waals surface area (Å²) in [6.07, 6.45) is -1.58. The molecule has 0 bridgehead atoms. The van der Waals surface area contributed by atoms with Gasteiger partial charge in [-0.1, -0.05) is 12.8 Å². The number of nitrogens with one attached hydrogen (secondary N) is 2. The SMILES string of the molecule is CC(NC(=O)C1CCCCC1C(F)(F)F)C1CCNC1. The summed E-state index contributed by atoms with van der Waals surface area (Å²) >= 11 is 0. The van der Waals surface area contributed by atoms with Crippen molar-refractivity contribution in [2.75, 3.05) is 13.1 Å². The van der Waals surface area contributed by atoms with Crippen LogP contribution in [-0.2, 0) is 4.79 Å². The molecule has 0 spiro atoms. The quantitative estimate of drug-likeness (QED) is 0.839. The van der Waals surface area contributed by atoms with Crippen LogP contribution in [-0.4, -0.2) is 31.2 Å². The average Bonchev–Trinajstić information content (AvgIpc) is 2.91. The van der Waals surface area contributed by atoms with Gasteiger partial charge in [0.1, 0.15) is 0 Å². The average molecular weight is 292 g/mol. The number of hydrogen-bond donors (Lipinski definition) is 2. The highest BCUT2D eigenvalue weighted by atomic mass is 19.4. The lowest BCUT2D eigenvalue weighted by molar-refractivity contribution is -0.198. The Morgan fingerprint density at radius 3 is 2.55 bits per heavy atom. The Morgan fingerprint density at radius 2 is 1.95 bits per heavy atom. The van der Waals surface area contributed by atoms with E-state index in [2.05, 4.69) is 10.6 Å². The maximum atomic E-state index is 13.0. The third-order valence-corrected chi connectivity index (χ3v) is 4.70. The Bertz CT molecular complexity index is 340. The Kier molecular flexibility index (Phi) is 4.94. The summed E-state index contributed by atoms with van der Waals surface area (Å²) in [5, 5.41) is 6.02. The number of rotatable bonds is 3. The summed E-state index contributed by atoms with van der Waals surface area (Å²) in [4.78, 5) is 12.2. The number of carbonyl (C=O) groups excluding carboxylic acids is 1. The van der Waals surface area contributed by atoms with Gasteiger partial charge < -0.3 is 10.6 Å². The second-order valence-electron chi connectivity index (χ2n) is 6.09. The molecule has 1 aliphatic heterocycles. The van der Waals surface area contributed by atoms with Crippen molar-refractivity contribution in [3.05, 3.63) is 0 Å². The first-order chi connectivity index (χ1) is 9.39. The fourth-order valence-electron chi connectivity index (χ4n) is 3.39. The largest absolute Gasteiger partial charge is 0.392 e. The van der Waals surface area contributed by atoms with Gasteiger partial charge in [0.25, 0.3) is 0 Å². The van der Waals surface area contributed by atoms with E-state index in [0.29, 0.717) is 25.2 Å². The molecular weight excluding hydrogens is 269 g/mol. The molecule has 0 aromatic rings. The molecule has 1 amide bonds. The minimum Gasteiger partial charge on any atom is -0.353 e. The molecule has 1 aliphatic carbocycles. The molecule has 0 aromatic heterocycles. The summed E-state index contributed by atoms with van der Waals surface area (Å²) in [6, 6.07) is -0.0617. The van der Waals surface area contributed by atoms with Crippen LogP contribution in [0.15, 0.2) is 0 Å². The number of hydrogen-bond acceptors (Lipinski definition) is 2. The lowest BCUT2D eigenvalue weighted by atomic mass is 9.78. The van der Waals surface area contributed by atoms with E-state index < -0.39 is 23.9 Å². The topological polar surface area (TPSA) is 41.1 Å². The fourth-order valence-corrected chi connectivity index (χ4v) is 3.39. The maximum absolute atomic E-state index is 13.0. The highest BCUT2D eigenvalue weighted by Crippen LogP contribution is 2.41. The molecule has 0 aromatic carbocycles. The van der Waals surface area contributed by atoms with Crippen LogP contribution in [0.4, 0.5) is 13.2 Å². The van der Waals surface area contributed by atoms with Gasteiger partial charge in [-0.15, -0.1) is 0 Å². The molecular formula is C14H23F3N2O. The van der Waals surface area contributed by atoms with E-state index in [1.165, 1.54) is 0 Å². The van der Waals surface area contributed by atoms with E-state index in [9.17, 15) is 18.0 Å². The minimum atomic E-state index is -4.26. The smallest absolute Gasteiger partial charge is 0.353 e. The lowest BCUT2D eigenvalue weighted by Gasteiger charge is -2.33. The van der Waals surface area contributed by atoms with Crippen molar-refractivity contribution in [2.24, 2.45) is 17.8 Å². The summed E-state index contributed by atoms with van der Waals surface area (Å²) in [6.45, 7) is 3.63. The third kappa shape index (κ3) is 3.65. The first-order valence-electron chi connectivity index (χ1n) is 7.47. The van der Waals surface area contributed by atoms with E-state index >= 15 is 0 Å². The van der Waals surface area contributed by atoms with E-state index in [1.807, 2.05) is 6.92 Å². The maximum Gasteiger partial charge on any atom is 0.392 e. The zero-order valence-corrected chi connectivity index (χ0v) is 11.8. The number of halogens is 3. The monoisotopic (exact) mass is 292 g/mol. The Balaban J connectivity index is 1.95. The van der Waals surface area contributed by atoms with Crippen LogP contribution in [0, 0.1) is 17.8 Å². The zero-order chi connectivity index (χ0) is 14.8. The van der Waals surface area contributed by atoms with Crippen molar-refractivity contribution in [1.82, 2.24) is 10.6 Å². The molecule has 2 aliphatic rings. The van der Waals surface area contributed by atoms with Gasteiger partial charge >= 0.3 is 6.18 Å². The van der Waals surface area contributed by atoms with Crippen molar-refractivity contribution in [3.8, 4) is 0 Å². The molecule has 3 nitrogen and oxygen atoms in total. The van der Waals surface area contributed by atoms with E-state index in [4.69, 9.17) is 0 Å². The normalized spacial score (nSPS) is 32.9. The summed E-state index contributed by atoms with van der Waals surface area (Å²) in [5.74, 6) is -2.45. The molecule has 116 valence electrons. The van der Waals surface area contributed by atoms with Crippen LogP contribution in [0.1, 0.15) is 39.0 Å². The second kappa shape index (κ2) is 6.33. The lowest BCUT2D eigenvalue weighted by Crippen LogP contribution is -2.47. The summed E-state index contributed by atoms with van der Waals surface area (Å²) < 4.78 is 39.0. The third-order valence-electron chi connectivity index (χ3n) is 4.70. The summed E-state index contributed by atoms with van der Waals surface area (Å²) in [7, 11) is 0. The van der Waals surface area contributed by atoms with Crippen LogP contribution in [0.2, 0.25) is 0 Å². The van der Waals surface area contributed by atoms with Crippen molar-refractivity contribution >= 4 is 5.91 Å². The second-order valence-corrected chi connectivity index (χ2v) is 6.09. The van der Waals surface area contributed by atoms with Crippen LogP contribution < -0.4 is 10.6 Å². The predicted octanol–water partition coefficient (Wildman–Crippen LogP) is 2.47. The van der Waals surface area contributed by atoms with Gasteiger partial charge in [-0.25, -0.2) is 0 Å². The zero-order valence-electron chi connectivity index (χ0n) is 11.8. The van der Waals surface area contributed by atoms with Gasteiger partial charge in [0, 0.05) is 12.0 Å². The molecule has 6 heteroatoms. The van der Waals surface area contributed by atoms with Gasteiger partial charge in [0.2, 0.25) is 5.91 Å². The molecule has 2 N–H and O–H groups in total. The standard InChI is InChI=1S/C14H23F3N2O/c1-9(10-6-7-18-8-10)19-13(20)11-4-2-3-5-12(11)14(15,16)17/h9-12,18H,2-8H2,1H3,(H,19,20). The predicted molar refractivity (Wildman–Crippen MR) is 70.1 cm³/mol. The van der Waals surface area contributed by atoms with Crippen LogP contribution >= 0.6 is 0 Å². The fraction of sp³-hybridized carbons (Fsp3) is 0.929. The highest BCUT2D eigenvalue weighted by Gasteiger charge is 2.48. The van der Waals surface area contributed by atoms with Crippen LogP contribution in [0.3, 0.4) is 0 Å². The van der Waals surface area contributed by atoms with E-state index in [0.717, 1.165) is 19.5 Å². The van der Waals surface area contributed by atoms with Gasteiger partial charge in [-0.3, -0.25) is 4.79 Å². The Labute approximate surface area is 117 Å². The van der Waals surface area contributed by atoms with Gasteiger partial charge in [0.05, 0.1) is 5.92 Å².